The van der Waals surface area contributed by atoms with Crippen LogP contribution < -0.4 is 0 Å². The number of allylic oxidation sites excluding steroid dienone is 2. The smallest absolute Gasteiger partial charge is 0.302 e. The van der Waals surface area contributed by atoms with Crippen molar-refractivity contribution < 1.29 is 23.1 Å². The number of nitrogens with zero attached hydrogens (tertiary/aromatic N) is 1. The van der Waals surface area contributed by atoms with Gasteiger partial charge >= 0.3 is 5.97 Å². The van der Waals surface area contributed by atoms with Gasteiger partial charge in [-0.2, -0.15) is 0 Å². The fourth-order valence-electron chi connectivity index (χ4n) is 11.3. The van der Waals surface area contributed by atoms with Crippen LogP contribution in [-0.4, -0.2) is 50.9 Å². The molecular formula is C43H68FNO4Si. The van der Waals surface area contributed by atoms with Gasteiger partial charge in [0.05, 0.1) is 12.2 Å². The minimum Gasteiger partial charge on any atom is -0.462 e. The van der Waals surface area contributed by atoms with Crippen LogP contribution in [0.1, 0.15) is 137 Å². The Hall–Kier alpha value is -1.99. The summed E-state index contributed by atoms with van der Waals surface area (Å²) in [5.41, 5.74) is 4.11. The first kappa shape index (κ1) is 39.2. The van der Waals surface area contributed by atoms with Crippen molar-refractivity contribution in [2.45, 2.75) is 151 Å². The van der Waals surface area contributed by atoms with Gasteiger partial charge in [-0.25, -0.2) is 4.39 Å². The first-order valence-corrected chi connectivity index (χ1v) is 22.6. The molecule has 0 spiro atoms. The third kappa shape index (κ3) is 6.69. The van der Waals surface area contributed by atoms with Gasteiger partial charge in [0, 0.05) is 25.4 Å². The number of rotatable bonds is 10. The molecule has 2 fully saturated rings. The first-order chi connectivity index (χ1) is 23.1. The Labute approximate surface area is 304 Å². The Kier molecular flexibility index (Phi) is 10.8. The molecular weight excluding hydrogens is 642 g/mol. The van der Waals surface area contributed by atoms with Crippen molar-refractivity contribution in [1.29, 1.82) is 0 Å². The number of hydrogen-bond acceptors (Lipinski definition) is 4. The van der Waals surface area contributed by atoms with E-state index in [1.807, 2.05) is 4.90 Å². The molecule has 50 heavy (non-hydrogen) atoms. The van der Waals surface area contributed by atoms with Crippen LogP contribution in [0.2, 0.25) is 18.1 Å². The van der Waals surface area contributed by atoms with Crippen LogP contribution in [0.25, 0.3) is 0 Å². The highest BCUT2D eigenvalue weighted by atomic mass is 28.4. The summed E-state index contributed by atoms with van der Waals surface area (Å²) >= 11 is 0. The normalized spacial score (nSPS) is 32.9. The van der Waals surface area contributed by atoms with E-state index in [9.17, 15) is 14.0 Å². The Bertz CT molecular complexity index is 1480. The van der Waals surface area contributed by atoms with Gasteiger partial charge in [-0.05, 0) is 122 Å². The summed E-state index contributed by atoms with van der Waals surface area (Å²) in [5.74, 6) is 0.657. The van der Waals surface area contributed by atoms with Crippen molar-refractivity contribution in [2.75, 3.05) is 19.7 Å². The zero-order valence-corrected chi connectivity index (χ0v) is 34.6. The van der Waals surface area contributed by atoms with E-state index in [0.29, 0.717) is 37.5 Å². The molecule has 4 aliphatic carbocycles. The highest BCUT2D eigenvalue weighted by Gasteiger charge is 2.63. The second kappa shape index (κ2) is 13.8. The number of benzene rings is 1. The monoisotopic (exact) mass is 709 g/mol. The highest BCUT2D eigenvalue weighted by Crippen LogP contribution is 2.72. The second-order valence-electron chi connectivity index (χ2n) is 19.5. The van der Waals surface area contributed by atoms with Crippen LogP contribution in [-0.2, 0) is 14.0 Å². The molecule has 7 atom stereocenters. The van der Waals surface area contributed by atoms with Crippen LogP contribution in [0.5, 0.6) is 0 Å². The topological polar surface area (TPSA) is 55.8 Å². The van der Waals surface area contributed by atoms with Gasteiger partial charge in [-0.15, -0.1) is 0 Å². The Morgan fingerprint density at radius 2 is 1.64 bits per heavy atom. The zero-order valence-electron chi connectivity index (χ0n) is 33.6. The van der Waals surface area contributed by atoms with Crippen molar-refractivity contribution in [1.82, 2.24) is 4.90 Å². The van der Waals surface area contributed by atoms with E-state index < -0.39 is 14.1 Å². The maximum absolute atomic E-state index is 14.9. The fraction of sp³-hybridized carbons (Fsp3) is 0.767. The van der Waals surface area contributed by atoms with Gasteiger partial charge in [0.2, 0.25) is 0 Å². The molecule has 0 radical (unpaired) electrons. The number of carbonyl (C=O) groups excluding carboxylic acids is 2. The first-order valence-electron chi connectivity index (χ1n) is 19.7. The number of hydrogen-bond donors (Lipinski definition) is 0. The molecule has 1 amide bonds. The fourth-order valence-corrected chi connectivity index (χ4v) is 12.4. The van der Waals surface area contributed by atoms with E-state index in [4.69, 9.17) is 9.16 Å². The second-order valence-corrected chi connectivity index (χ2v) is 24.3. The van der Waals surface area contributed by atoms with Gasteiger partial charge in [-0.3, -0.25) is 9.59 Å². The van der Waals surface area contributed by atoms with Crippen LogP contribution >= 0.6 is 0 Å². The molecule has 0 bridgehead atoms. The molecule has 0 aromatic heterocycles. The lowest BCUT2D eigenvalue weighted by Gasteiger charge is -2.62. The minimum atomic E-state index is -1.99. The number of amides is 1. The predicted octanol–water partition coefficient (Wildman–Crippen LogP) is 11.0. The maximum atomic E-state index is 14.9. The molecule has 0 aliphatic heterocycles. The standard InChI is InChI=1S/C43H68FNO4Si/c1-29(22-26-45(27-28-48-50(11,12)39(3,4)5)38(47)31-15-13-14-16-35(31)44)32-19-24-43(10)34-17-18-36-40(6,7)37(49-30(2)46)21-23-41(36,8)33(34)20-25-42(32,43)9/h13-16,29,32,36-37H,17-28H2,1-12H3/t29-,32-,36+,37+,41-,42-,43+/m1/s1. The van der Waals surface area contributed by atoms with Gasteiger partial charge in [0.1, 0.15) is 11.9 Å². The zero-order chi connectivity index (χ0) is 37.1. The lowest BCUT2D eigenvalue weighted by atomic mass is 9.43. The van der Waals surface area contributed by atoms with Gasteiger partial charge in [-0.1, -0.05) is 85.6 Å². The molecule has 1 aromatic carbocycles. The summed E-state index contributed by atoms with van der Waals surface area (Å²) in [7, 11) is -1.99. The SMILES string of the molecule is CC(=O)O[C@H]1CC[C@]2(C)C3=C(CC[C@H]2C1(C)C)[C@]1(C)CC[C@H]([C@H](C)CCN(CCO[Si](C)(C)C(C)(C)C)C(=O)c2ccccc2F)[C@@]1(C)CC3. The van der Waals surface area contributed by atoms with Crippen molar-refractivity contribution in [3.05, 3.63) is 46.8 Å². The third-order valence-electron chi connectivity index (χ3n) is 15.6. The molecule has 5 rings (SSSR count). The van der Waals surface area contributed by atoms with Gasteiger partial charge < -0.3 is 14.1 Å². The summed E-state index contributed by atoms with van der Waals surface area (Å²) < 4.78 is 27.3. The number of esters is 1. The maximum Gasteiger partial charge on any atom is 0.302 e. The molecule has 7 heteroatoms. The minimum absolute atomic E-state index is 0.00942. The Balaban J connectivity index is 1.33. The predicted molar refractivity (Wildman–Crippen MR) is 204 cm³/mol. The van der Waals surface area contributed by atoms with E-state index in [2.05, 4.69) is 75.4 Å². The van der Waals surface area contributed by atoms with Crippen molar-refractivity contribution in [3.8, 4) is 0 Å². The molecule has 0 N–H and O–H groups in total. The van der Waals surface area contributed by atoms with Crippen molar-refractivity contribution >= 4 is 20.2 Å². The van der Waals surface area contributed by atoms with E-state index in [0.717, 1.165) is 38.5 Å². The van der Waals surface area contributed by atoms with E-state index >= 15 is 0 Å². The number of halogens is 1. The van der Waals surface area contributed by atoms with E-state index in [1.165, 1.54) is 25.3 Å². The van der Waals surface area contributed by atoms with Crippen LogP contribution in [0.4, 0.5) is 4.39 Å². The molecule has 2 saturated carbocycles. The molecule has 280 valence electrons. The molecule has 4 aliphatic rings. The summed E-state index contributed by atoms with van der Waals surface area (Å²) in [4.78, 5) is 27.7. The third-order valence-corrected chi connectivity index (χ3v) is 20.2. The summed E-state index contributed by atoms with van der Waals surface area (Å²) in [5, 5.41) is 0.0813. The van der Waals surface area contributed by atoms with Crippen LogP contribution in [0.15, 0.2) is 35.4 Å². The molecule has 0 heterocycles. The van der Waals surface area contributed by atoms with E-state index in [-0.39, 0.29) is 50.2 Å². The lowest BCUT2D eigenvalue weighted by Crippen LogP contribution is -2.55. The average Bonchev–Trinajstić information content (AvgIpc) is 3.30. The van der Waals surface area contributed by atoms with Gasteiger partial charge in [0.25, 0.3) is 5.91 Å². The number of carbonyl (C=O) groups is 2. The largest absolute Gasteiger partial charge is 0.462 e. The van der Waals surface area contributed by atoms with E-state index in [1.54, 1.807) is 36.3 Å². The Morgan fingerprint density at radius 1 is 0.960 bits per heavy atom. The quantitative estimate of drug-likeness (QED) is 0.138. The summed E-state index contributed by atoms with van der Waals surface area (Å²) in [6.45, 7) is 29.0. The molecule has 0 saturated heterocycles. The summed E-state index contributed by atoms with van der Waals surface area (Å²) in [6, 6.07) is 6.38. The average molecular weight is 710 g/mol. The van der Waals surface area contributed by atoms with Crippen molar-refractivity contribution in [3.63, 3.8) is 0 Å². The van der Waals surface area contributed by atoms with Crippen LogP contribution in [0.3, 0.4) is 0 Å². The molecule has 5 nitrogen and oxygen atoms in total. The van der Waals surface area contributed by atoms with Crippen LogP contribution in [0, 0.1) is 45.2 Å². The van der Waals surface area contributed by atoms with Gasteiger partial charge in [0.15, 0.2) is 8.32 Å². The molecule has 0 unspecified atom stereocenters. The summed E-state index contributed by atoms with van der Waals surface area (Å²) in [6.07, 6.45) is 10.0. The Morgan fingerprint density at radius 3 is 2.28 bits per heavy atom. The lowest BCUT2D eigenvalue weighted by molar-refractivity contribution is -0.167. The number of ether oxygens (including phenoxy) is 1. The van der Waals surface area contributed by atoms with Crippen molar-refractivity contribution in [2.24, 2.45) is 39.4 Å². The molecule has 1 aromatic rings. The highest BCUT2D eigenvalue weighted by molar-refractivity contribution is 6.74. The number of fused-ring (bicyclic) bond motifs is 4.